The molecule has 0 aliphatic carbocycles. The molecule has 1 amide bonds. The molecule has 0 spiro atoms. The maximum Gasteiger partial charge on any atom is 0.262 e. The Labute approximate surface area is 113 Å². The number of carbonyl (C=O) groups is 1. The molecule has 0 bridgehead atoms. The van der Waals surface area contributed by atoms with Crippen LogP contribution in [0.25, 0.3) is 0 Å². The van der Waals surface area contributed by atoms with Gasteiger partial charge < -0.3 is 15.0 Å². The van der Waals surface area contributed by atoms with Gasteiger partial charge in [-0.3, -0.25) is 9.69 Å². The first kappa shape index (κ1) is 12.4. The molecule has 1 fully saturated rings. The van der Waals surface area contributed by atoms with E-state index in [1.165, 1.54) is 5.56 Å². The van der Waals surface area contributed by atoms with Crippen LogP contribution in [0, 0.1) is 0 Å². The van der Waals surface area contributed by atoms with E-state index in [9.17, 15) is 4.79 Å². The summed E-state index contributed by atoms with van der Waals surface area (Å²) in [6.07, 6.45) is 0. The van der Waals surface area contributed by atoms with Gasteiger partial charge >= 0.3 is 0 Å². The Morgan fingerprint density at radius 3 is 2.84 bits per heavy atom. The van der Waals surface area contributed by atoms with Crippen molar-refractivity contribution in [3.63, 3.8) is 0 Å². The van der Waals surface area contributed by atoms with E-state index in [1.54, 1.807) is 0 Å². The fourth-order valence-electron chi connectivity index (χ4n) is 2.49. The first-order valence-electron chi connectivity index (χ1n) is 6.67. The lowest BCUT2D eigenvalue weighted by Gasteiger charge is -2.32. The molecular formula is C14H19N3O2. The van der Waals surface area contributed by atoms with Crippen molar-refractivity contribution in [2.45, 2.75) is 6.54 Å². The highest BCUT2D eigenvalue weighted by atomic mass is 16.5. The highest BCUT2D eigenvalue weighted by Crippen LogP contribution is 2.28. The number of benzene rings is 1. The third kappa shape index (κ3) is 2.88. The lowest BCUT2D eigenvalue weighted by Crippen LogP contribution is -2.43. The van der Waals surface area contributed by atoms with Crippen LogP contribution in [-0.2, 0) is 11.3 Å². The first-order valence-corrected chi connectivity index (χ1v) is 6.67. The van der Waals surface area contributed by atoms with E-state index in [0.29, 0.717) is 0 Å². The van der Waals surface area contributed by atoms with Crippen molar-refractivity contribution in [3.05, 3.63) is 23.8 Å². The Bertz CT molecular complexity index is 482. The summed E-state index contributed by atoms with van der Waals surface area (Å²) in [7, 11) is 2.16. The smallest absolute Gasteiger partial charge is 0.262 e. The molecule has 102 valence electrons. The van der Waals surface area contributed by atoms with Crippen LogP contribution in [0.1, 0.15) is 5.56 Å². The number of carbonyl (C=O) groups excluding carboxylic acids is 1. The van der Waals surface area contributed by atoms with Crippen LogP contribution in [0.4, 0.5) is 5.69 Å². The standard InChI is InChI=1S/C14H19N3O2/c1-16-4-6-17(7-5-16)9-11-2-3-13-12(8-11)15-14(18)10-19-13/h2-3,8H,4-7,9-10H2,1H3,(H,15,18). The van der Waals surface area contributed by atoms with E-state index >= 15 is 0 Å². The average Bonchev–Trinajstić information content (AvgIpc) is 2.41. The molecule has 19 heavy (non-hydrogen) atoms. The van der Waals surface area contributed by atoms with Crippen molar-refractivity contribution in [3.8, 4) is 5.75 Å². The maximum absolute atomic E-state index is 11.3. The Morgan fingerprint density at radius 1 is 1.26 bits per heavy atom. The molecule has 1 aromatic rings. The van der Waals surface area contributed by atoms with Gasteiger partial charge in [-0.25, -0.2) is 0 Å². The minimum atomic E-state index is -0.0794. The van der Waals surface area contributed by atoms with E-state index < -0.39 is 0 Å². The maximum atomic E-state index is 11.3. The molecule has 3 rings (SSSR count). The first-order chi connectivity index (χ1) is 9.20. The van der Waals surface area contributed by atoms with Crippen LogP contribution in [0.3, 0.4) is 0 Å². The second-order valence-corrected chi connectivity index (χ2v) is 5.25. The summed E-state index contributed by atoms with van der Waals surface area (Å²) < 4.78 is 5.36. The van der Waals surface area contributed by atoms with Crippen LogP contribution in [-0.4, -0.2) is 55.5 Å². The zero-order valence-electron chi connectivity index (χ0n) is 11.2. The minimum Gasteiger partial charge on any atom is -0.482 e. The molecule has 0 radical (unpaired) electrons. The summed E-state index contributed by atoms with van der Waals surface area (Å²) in [5.74, 6) is 0.686. The summed E-state index contributed by atoms with van der Waals surface area (Å²) in [6, 6.07) is 6.04. The number of rotatable bonds is 2. The van der Waals surface area contributed by atoms with E-state index in [-0.39, 0.29) is 12.5 Å². The number of likely N-dealkylation sites (N-methyl/N-ethyl adjacent to an activating group) is 1. The van der Waals surface area contributed by atoms with E-state index in [4.69, 9.17) is 4.74 Å². The molecule has 2 aliphatic rings. The van der Waals surface area contributed by atoms with Gasteiger partial charge in [0.2, 0.25) is 0 Å². The number of fused-ring (bicyclic) bond motifs is 1. The number of anilines is 1. The third-order valence-corrected chi connectivity index (χ3v) is 3.68. The summed E-state index contributed by atoms with van der Waals surface area (Å²) >= 11 is 0. The fourth-order valence-corrected chi connectivity index (χ4v) is 2.49. The van der Waals surface area contributed by atoms with Gasteiger partial charge in [-0.15, -0.1) is 0 Å². The fraction of sp³-hybridized carbons (Fsp3) is 0.500. The molecule has 2 aliphatic heterocycles. The largest absolute Gasteiger partial charge is 0.482 e. The monoisotopic (exact) mass is 261 g/mol. The zero-order chi connectivity index (χ0) is 13.2. The van der Waals surface area contributed by atoms with Gasteiger partial charge in [0.05, 0.1) is 5.69 Å². The van der Waals surface area contributed by atoms with Gasteiger partial charge in [0.25, 0.3) is 5.91 Å². The minimum absolute atomic E-state index is 0.0794. The van der Waals surface area contributed by atoms with Crippen molar-refractivity contribution < 1.29 is 9.53 Å². The van der Waals surface area contributed by atoms with E-state index in [0.717, 1.165) is 44.2 Å². The van der Waals surface area contributed by atoms with Gasteiger partial charge in [-0.05, 0) is 24.7 Å². The lowest BCUT2D eigenvalue weighted by molar-refractivity contribution is -0.118. The molecule has 0 saturated carbocycles. The summed E-state index contributed by atoms with van der Waals surface area (Å²) in [4.78, 5) is 16.1. The number of hydrogen-bond acceptors (Lipinski definition) is 4. The number of amides is 1. The van der Waals surface area contributed by atoms with E-state index in [2.05, 4.69) is 28.2 Å². The predicted octanol–water partition coefficient (Wildman–Crippen LogP) is 0.765. The Morgan fingerprint density at radius 2 is 2.05 bits per heavy atom. The van der Waals surface area contributed by atoms with Gasteiger partial charge in [-0.2, -0.15) is 0 Å². The molecule has 0 unspecified atom stereocenters. The normalized spacial score (nSPS) is 20.6. The Kier molecular flexibility index (Phi) is 3.40. The van der Waals surface area contributed by atoms with Gasteiger partial charge in [0, 0.05) is 32.7 Å². The Hall–Kier alpha value is -1.59. The molecule has 0 atom stereocenters. The van der Waals surface area contributed by atoms with Crippen molar-refractivity contribution in [2.75, 3.05) is 45.2 Å². The van der Waals surface area contributed by atoms with Crippen LogP contribution < -0.4 is 10.1 Å². The van der Waals surface area contributed by atoms with Crippen LogP contribution >= 0.6 is 0 Å². The second-order valence-electron chi connectivity index (χ2n) is 5.25. The number of piperazine rings is 1. The number of nitrogens with one attached hydrogen (secondary N) is 1. The van der Waals surface area contributed by atoms with Gasteiger partial charge in [0.1, 0.15) is 5.75 Å². The molecule has 1 N–H and O–H groups in total. The molecule has 1 saturated heterocycles. The summed E-state index contributed by atoms with van der Waals surface area (Å²) in [6.45, 7) is 5.46. The quantitative estimate of drug-likeness (QED) is 0.854. The second kappa shape index (κ2) is 5.19. The summed E-state index contributed by atoms with van der Waals surface area (Å²) in [5, 5.41) is 2.85. The third-order valence-electron chi connectivity index (χ3n) is 3.68. The van der Waals surface area contributed by atoms with Crippen LogP contribution in [0.5, 0.6) is 5.75 Å². The molecule has 2 heterocycles. The zero-order valence-corrected chi connectivity index (χ0v) is 11.2. The summed E-state index contributed by atoms with van der Waals surface area (Å²) in [5.41, 5.74) is 2.01. The number of ether oxygens (including phenoxy) is 1. The van der Waals surface area contributed by atoms with Crippen LogP contribution in [0.2, 0.25) is 0 Å². The van der Waals surface area contributed by atoms with E-state index in [1.807, 2.05) is 12.1 Å². The van der Waals surface area contributed by atoms with Gasteiger partial charge in [0.15, 0.2) is 6.61 Å². The predicted molar refractivity (Wildman–Crippen MR) is 73.3 cm³/mol. The average molecular weight is 261 g/mol. The molecule has 0 aromatic heterocycles. The topological polar surface area (TPSA) is 44.8 Å². The lowest BCUT2D eigenvalue weighted by atomic mass is 10.1. The Balaban J connectivity index is 1.68. The van der Waals surface area contributed by atoms with Gasteiger partial charge in [-0.1, -0.05) is 6.07 Å². The van der Waals surface area contributed by atoms with Crippen molar-refractivity contribution >= 4 is 11.6 Å². The molecule has 5 heteroatoms. The highest BCUT2D eigenvalue weighted by Gasteiger charge is 2.18. The number of hydrogen-bond donors (Lipinski definition) is 1. The number of nitrogens with zero attached hydrogens (tertiary/aromatic N) is 2. The van der Waals surface area contributed by atoms with Crippen molar-refractivity contribution in [1.29, 1.82) is 0 Å². The van der Waals surface area contributed by atoms with Crippen molar-refractivity contribution in [2.24, 2.45) is 0 Å². The van der Waals surface area contributed by atoms with Crippen molar-refractivity contribution in [1.82, 2.24) is 9.80 Å². The van der Waals surface area contributed by atoms with Crippen LogP contribution in [0.15, 0.2) is 18.2 Å². The molecular weight excluding hydrogens is 242 g/mol. The molecule has 1 aromatic carbocycles. The SMILES string of the molecule is CN1CCN(Cc2ccc3c(c2)NC(=O)CO3)CC1. The highest BCUT2D eigenvalue weighted by molar-refractivity contribution is 5.95. The molecule has 5 nitrogen and oxygen atoms in total.